The van der Waals surface area contributed by atoms with Crippen LogP contribution in [0.15, 0.2) is 0 Å². The Morgan fingerprint density at radius 3 is 2.73 bits per heavy atom. The maximum Gasteiger partial charge on any atom is 0.320 e. The highest BCUT2D eigenvalue weighted by atomic mass is 16.6. The lowest BCUT2D eigenvalue weighted by Gasteiger charge is -2.33. The Morgan fingerprint density at radius 2 is 2.20 bits per heavy atom. The van der Waals surface area contributed by atoms with Gasteiger partial charge < -0.3 is 10.1 Å². The number of ether oxygens (including phenoxy) is 1. The quantitative estimate of drug-likeness (QED) is 0.684. The van der Waals surface area contributed by atoms with Gasteiger partial charge in [0, 0.05) is 25.7 Å². The van der Waals surface area contributed by atoms with Gasteiger partial charge in [0.15, 0.2) is 0 Å². The number of rotatable bonds is 2. The topological polar surface area (TPSA) is 41.6 Å². The number of carbonyl (C=O) groups excluding carboxylic acids is 1. The molecule has 0 unspecified atom stereocenters. The molecule has 0 spiro atoms. The number of nitrogens with zero attached hydrogens (tertiary/aromatic N) is 1. The van der Waals surface area contributed by atoms with Gasteiger partial charge in [0.05, 0.1) is 6.54 Å². The normalized spacial score (nSPS) is 23.9. The van der Waals surface area contributed by atoms with E-state index in [9.17, 15) is 4.79 Å². The van der Waals surface area contributed by atoms with Gasteiger partial charge in [-0.15, -0.1) is 0 Å². The lowest BCUT2D eigenvalue weighted by Crippen LogP contribution is -2.51. The lowest BCUT2D eigenvalue weighted by molar-refractivity contribution is -0.156. The molecule has 88 valence electrons. The van der Waals surface area contributed by atoms with E-state index in [-0.39, 0.29) is 11.6 Å². The van der Waals surface area contributed by atoms with Crippen LogP contribution in [0.3, 0.4) is 0 Å². The number of nitrogens with one attached hydrogen (secondary N) is 1. The lowest BCUT2D eigenvalue weighted by atomic mass is 10.2. The molecule has 0 aromatic heterocycles. The summed E-state index contributed by atoms with van der Waals surface area (Å²) in [4.78, 5) is 13.7. The summed E-state index contributed by atoms with van der Waals surface area (Å²) in [5.74, 6) is -0.128. The smallest absolute Gasteiger partial charge is 0.320 e. The first kappa shape index (κ1) is 12.5. The number of carbonyl (C=O) groups is 1. The van der Waals surface area contributed by atoms with Crippen molar-refractivity contribution in [1.29, 1.82) is 0 Å². The fraction of sp³-hybridized carbons (Fsp3) is 0.909. The second-order valence-corrected chi connectivity index (χ2v) is 5.11. The first-order valence-corrected chi connectivity index (χ1v) is 5.55. The summed E-state index contributed by atoms with van der Waals surface area (Å²) in [6, 6.07) is 0.409. The van der Waals surface area contributed by atoms with Gasteiger partial charge in [0.1, 0.15) is 5.60 Å². The van der Waals surface area contributed by atoms with Crippen molar-refractivity contribution < 1.29 is 9.53 Å². The van der Waals surface area contributed by atoms with E-state index in [0.717, 1.165) is 19.6 Å². The molecule has 1 saturated heterocycles. The second kappa shape index (κ2) is 4.94. The standard InChI is InChI=1S/C11H22N2O2/c1-9-7-12-5-6-13(9)8-10(14)15-11(2,3)4/h9,12H,5-8H2,1-4H3/t9-/m0/s1. The number of hydrogen-bond donors (Lipinski definition) is 1. The van der Waals surface area contributed by atoms with Crippen molar-refractivity contribution in [3.8, 4) is 0 Å². The van der Waals surface area contributed by atoms with E-state index in [1.807, 2.05) is 20.8 Å². The van der Waals surface area contributed by atoms with Crippen molar-refractivity contribution in [3.63, 3.8) is 0 Å². The van der Waals surface area contributed by atoms with Crippen LogP contribution < -0.4 is 5.32 Å². The van der Waals surface area contributed by atoms with Crippen molar-refractivity contribution >= 4 is 5.97 Å². The molecule has 1 aliphatic rings. The van der Waals surface area contributed by atoms with Crippen molar-refractivity contribution in [3.05, 3.63) is 0 Å². The monoisotopic (exact) mass is 214 g/mol. The number of hydrogen-bond acceptors (Lipinski definition) is 4. The molecule has 0 radical (unpaired) electrons. The molecule has 0 bridgehead atoms. The molecule has 4 heteroatoms. The Kier molecular flexibility index (Phi) is 4.11. The molecule has 0 amide bonds. The molecular formula is C11H22N2O2. The molecule has 1 N–H and O–H groups in total. The average Bonchev–Trinajstić information content (AvgIpc) is 2.05. The summed E-state index contributed by atoms with van der Waals surface area (Å²) in [6.45, 7) is 11.0. The van der Waals surface area contributed by atoms with Crippen LogP contribution in [0.2, 0.25) is 0 Å². The Bertz CT molecular complexity index is 223. The molecule has 1 fully saturated rings. The van der Waals surface area contributed by atoms with Gasteiger partial charge >= 0.3 is 5.97 Å². The van der Waals surface area contributed by atoms with Crippen molar-refractivity contribution in [2.75, 3.05) is 26.2 Å². The first-order valence-electron chi connectivity index (χ1n) is 5.55. The van der Waals surface area contributed by atoms with Gasteiger partial charge in [0.2, 0.25) is 0 Å². The van der Waals surface area contributed by atoms with Crippen LogP contribution in [0.25, 0.3) is 0 Å². The summed E-state index contributed by atoms with van der Waals surface area (Å²) in [7, 11) is 0. The zero-order valence-electron chi connectivity index (χ0n) is 10.2. The number of piperazine rings is 1. The van der Waals surface area contributed by atoms with E-state index < -0.39 is 0 Å². The van der Waals surface area contributed by atoms with Gasteiger partial charge in [-0.1, -0.05) is 0 Å². The largest absolute Gasteiger partial charge is 0.459 e. The maximum absolute atomic E-state index is 11.6. The molecule has 1 aliphatic heterocycles. The van der Waals surface area contributed by atoms with Crippen molar-refractivity contribution in [2.24, 2.45) is 0 Å². The molecule has 1 heterocycles. The number of esters is 1. The van der Waals surface area contributed by atoms with E-state index in [1.165, 1.54) is 0 Å². The third-order valence-electron chi connectivity index (χ3n) is 2.39. The van der Waals surface area contributed by atoms with E-state index in [0.29, 0.717) is 12.6 Å². The van der Waals surface area contributed by atoms with Gasteiger partial charge in [0.25, 0.3) is 0 Å². The predicted molar refractivity (Wildman–Crippen MR) is 59.7 cm³/mol. The fourth-order valence-corrected chi connectivity index (χ4v) is 1.66. The molecule has 0 aliphatic carbocycles. The second-order valence-electron chi connectivity index (χ2n) is 5.11. The first-order chi connectivity index (χ1) is 6.88. The maximum atomic E-state index is 11.6. The summed E-state index contributed by atoms with van der Waals surface area (Å²) in [6.07, 6.45) is 0. The minimum atomic E-state index is -0.381. The molecular weight excluding hydrogens is 192 g/mol. The summed E-state index contributed by atoms with van der Waals surface area (Å²) < 4.78 is 5.29. The minimum Gasteiger partial charge on any atom is -0.459 e. The molecule has 15 heavy (non-hydrogen) atoms. The van der Waals surface area contributed by atoms with Crippen molar-refractivity contribution in [1.82, 2.24) is 10.2 Å². The Balaban J connectivity index is 2.36. The summed E-state index contributed by atoms with van der Waals surface area (Å²) in [5, 5.41) is 3.29. The average molecular weight is 214 g/mol. The van der Waals surface area contributed by atoms with Crippen LogP contribution in [-0.2, 0) is 9.53 Å². The minimum absolute atomic E-state index is 0.128. The van der Waals surface area contributed by atoms with Gasteiger partial charge in [-0.05, 0) is 27.7 Å². The molecule has 4 nitrogen and oxygen atoms in total. The summed E-state index contributed by atoms with van der Waals surface area (Å²) >= 11 is 0. The third-order valence-corrected chi connectivity index (χ3v) is 2.39. The van der Waals surface area contributed by atoms with Crippen molar-refractivity contribution in [2.45, 2.75) is 39.3 Å². The van der Waals surface area contributed by atoms with Gasteiger partial charge in [-0.25, -0.2) is 0 Å². The van der Waals surface area contributed by atoms with Crippen LogP contribution in [-0.4, -0.2) is 48.7 Å². The molecule has 0 aromatic carbocycles. The molecule has 0 saturated carbocycles. The zero-order valence-corrected chi connectivity index (χ0v) is 10.2. The van der Waals surface area contributed by atoms with Gasteiger partial charge in [-0.2, -0.15) is 0 Å². The SMILES string of the molecule is C[C@H]1CNCCN1CC(=O)OC(C)(C)C. The fourth-order valence-electron chi connectivity index (χ4n) is 1.66. The Morgan fingerprint density at radius 1 is 1.53 bits per heavy atom. The van der Waals surface area contributed by atoms with Crippen LogP contribution in [0.5, 0.6) is 0 Å². The highest BCUT2D eigenvalue weighted by Crippen LogP contribution is 2.09. The third kappa shape index (κ3) is 4.62. The Hall–Kier alpha value is -0.610. The zero-order chi connectivity index (χ0) is 11.5. The molecule has 1 rings (SSSR count). The molecule has 0 aromatic rings. The summed E-state index contributed by atoms with van der Waals surface area (Å²) in [5.41, 5.74) is -0.381. The van der Waals surface area contributed by atoms with Gasteiger partial charge in [-0.3, -0.25) is 9.69 Å². The Labute approximate surface area is 92.0 Å². The van der Waals surface area contributed by atoms with Crippen LogP contribution in [0.4, 0.5) is 0 Å². The predicted octanol–water partition coefficient (Wildman–Crippen LogP) is 0.622. The highest BCUT2D eigenvalue weighted by Gasteiger charge is 2.23. The van der Waals surface area contributed by atoms with E-state index >= 15 is 0 Å². The van der Waals surface area contributed by atoms with Crippen LogP contribution in [0, 0.1) is 0 Å². The van der Waals surface area contributed by atoms with E-state index in [4.69, 9.17) is 4.74 Å². The van der Waals surface area contributed by atoms with Crippen LogP contribution in [0.1, 0.15) is 27.7 Å². The molecule has 1 atom stereocenters. The van der Waals surface area contributed by atoms with E-state index in [2.05, 4.69) is 17.1 Å². The highest BCUT2D eigenvalue weighted by molar-refractivity contribution is 5.72. The van der Waals surface area contributed by atoms with E-state index in [1.54, 1.807) is 0 Å². The van der Waals surface area contributed by atoms with Crippen LogP contribution >= 0.6 is 0 Å².